The number of ether oxygens (including phenoxy) is 1. The molecule has 0 aliphatic heterocycles. The van der Waals surface area contributed by atoms with Crippen molar-refractivity contribution in [3.8, 4) is 5.75 Å². The molecule has 0 amide bonds. The van der Waals surface area contributed by atoms with Gasteiger partial charge in [-0.2, -0.15) is 0 Å². The van der Waals surface area contributed by atoms with Crippen molar-refractivity contribution in [2.24, 2.45) is 0 Å². The van der Waals surface area contributed by atoms with Gasteiger partial charge in [0.1, 0.15) is 5.75 Å². The van der Waals surface area contributed by atoms with Crippen molar-refractivity contribution in [3.63, 3.8) is 0 Å². The first kappa shape index (κ1) is 12.4. The van der Waals surface area contributed by atoms with Gasteiger partial charge in [0.2, 0.25) is 0 Å². The number of hydrogen-bond donors (Lipinski definition) is 2. The first-order valence-electron chi connectivity index (χ1n) is 6.29. The third-order valence-corrected chi connectivity index (χ3v) is 3.32. The molecule has 0 bridgehead atoms. The molecule has 1 aliphatic rings. The molecule has 2 N–H and O–H groups in total. The molecule has 1 aliphatic carbocycles. The van der Waals surface area contributed by atoms with Crippen molar-refractivity contribution in [3.05, 3.63) is 29.3 Å². The zero-order chi connectivity index (χ0) is 12.3. The van der Waals surface area contributed by atoms with Crippen LogP contribution in [0.4, 0.5) is 0 Å². The monoisotopic (exact) mass is 235 g/mol. The summed E-state index contributed by atoms with van der Waals surface area (Å²) in [6.45, 7) is 2.46. The first-order valence-corrected chi connectivity index (χ1v) is 6.29. The predicted octanol–water partition coefficient (Wildman–Crippen LogP) is 2.04. The number of aryl methyl sites for hydroxylation is 1. The summed E-state index contributed by atoms with van der Waals surface area (Å²) in [5.41, 5.74) is 2.73. The third kappa shape index (κ3) is 2.99. The lowest BCUT2D eigenvalue weighted by Gasteiger charge is -2.27. The highest BCUT2D eigenvalue weighted by Gasteiger charge is 2.20. The molecule has 2 atom stereocenters. The van der Waals surface area contributed by atoms with E-state index < -0.39 is 0 Å². The fraction of sp³-hybridized carbons (Fsp3) is 0.571. The van der Waals surface area contributed by atoms with Crippen LogP contribution in [0.1, 0.15) is 36.9 Å². The molecule has 3 heteroatoms. The largest absolute Gasteiger partial charge is 0.497 e. The van der Waals surface area contributed by atoms with Gasteiger partial charge in [0.25, 0.3) is 0 Å². The molecule has 17 heavy (non-hydrogen) atoms. The molecule has 1 aromatic carbocycles. The number of rotatable bonds is 4. The molecule has 0 heterocycles. The molecule has 94 valence electrons. The number of aliphatic hydroxyl groups excluding tert-OH is 1. The Morgan fingerprint density at radius 3 is 3.06 bits per heavy atom. The Kier molecular flexibility index (Phi) is 4.02. The van der Waals surface area contributed by atoms with Gasteiger partial charge in [-0.1, -0.05) is 6.07 Å². The Hall–Kier alpha value is -1.06. The van der Waals surface area contributed by atoms with Crippen LogP contribution in [0.2, 0.25) is 0 Å². The molecule has 0 saturated carbocycles. The number of hydrogen-bond acceptors (Lipinski definition) is 3. The van der Waals surface area contributed by atoms with E-state index in [1.807, 2.05) is 13.0 Å². The minimum atomic E-state index is -0.293. The quantitative estimate of drug-likeness (QED) is 0.839. The zero-order valence-electron chi connectivity index (χ0n) is 10.6. The van der Waals surface area contributed by atoms with Crippen LogP contribution in [0.5, 0.6) is 5.75 Å². The summed E-state index contributed by atoms with van der Waals surface area (Å²) in [6.07, 6.45) is 3.17. The number of aliphatic hydroxyl groups is 1. The topological polar surface area (TPSA) is 41.5 Å². The summed E-state index contributed by atoms with van der Waals surface area (Å²) in [6, 6.07) is 6.67. The van der Waals surface area contributed by atoms with Crippen LogP contribution in [-0.4, -0.2) is 24.9 Å². The van der Waals surface area contributed by atoms with Crippen molar-refractivity contribution in [1.82, 2.24) is 5.32 Å². The van der Waals surface area contributed by atoms with Crippen LogP contribution in [0.3, 0.4) is 0 Å². The molecule has 2 unspecified atom stereocenters. The minimum absolute atomic E-state index is 0.293. The maximum absolute atomic E-state index is 9.33. The van der Waals surface area contributed by atoms with Crippen LogP contribution in [-0.2, 0) is 6.42 Å². The number of nitrogens with one attached hydrogen (secondary N) is 1. The van der Waals surface area contributed by atoms with E-state index in [1.54, 1.807) is 7.11 Å². The highest BCUT2D eigenvalue weighted by Crippen LogP contribution is 2.31. The Bertz CT molecular complexity index is 376. The molecule has 0 saturated heterocycles. The second-order valence-corrected chi connectivity index (χ2v) is 4.77. The average Bonchev–Trinajstić information content (AvgIpc) is 2.35. The Labute approximate surface area is 103 Å². The Morgan fingerprint density at radius 2 is 2.35 bits per heavy atom. The highest BCUT2D eigenvalue weighted by atomic mass is 16.5. The lowest BCUT2D eigenvalue weighted by atomic mass is 9.87. The zero-order valence-corrected chi connectivity index (χ0v) is 10.6. The summed E-state index contributed by atoms with van der Waals surface area (Å²) in [4.78, 5) is 0. The standard InChI is InChI=1S/C14H21NO2/c1-10(16)9-15-14-5-3-4-11-8-12(17-2)6-7-13(11)14/h6-8,10,14-16H,3-5,9H2,1-2H3. The molecule has 3 nitrogen and oxygen atoms in total. The van der Waals surface area contributed by atoms with Gasteiger partial charge in [-0.3, -0.25) is 0 Å². The van der Waals surface area contributed by atoms with Gasteiger partial charge in [0, 0.05) is 12.6 Å². The number of methoxy groups -OCH3 is 1. The van der Waals surface area contributed by atoms with Gasteiger partial charge in [0.05, 0.1) is 13.2 Å². The van der Waals surface area contributed by atoms with Crippen molar-refractivity contribution in [1.29, 1.82) is 0 Å². The first-order chi connectivity index (χ1) is 8.20. The van der Waals surface area contributed by atoms with Crippen LogP contribution < -0.4 is 10.1 Å². The second kappa shape index (κ2) is 5.52. The Morgan fingerprint density at radius 1 is 1.53 bits per heavy atom. The molecule has 2 rings (SSSR count). The SMILES string of the molecule is COc1ccc2c(c1)CCCC2NCC(C)O. The van der Waals surface area contributed by atoms with E-state index in [9.17, 15) is 5.11 Å². The normalized spacial score (nSPS) is 20.8. The van der Waals surface area contributed by atoms with E-state index in [2.05, 4.69) is 17.4 Å². The molecule has 0 aromatic heterocycles. The van der Waals surface area contributed by atoms with Gasteiger partial charge in [0.15, 0.2) is 0 Å². The summed E-state index contributed by atoms with van der Waals surface area (Å²) in [5.74, 6) is 0.930. The van der Waals surface area contributed by atoms with E-state index >= 15 is 0 Å². The molecule has 0 spiro atoms. The summed E-state index contributed by atoms with van der Waals surface area (Å²) >= 11 is 0. The molecular formula is C14H21NO2. The Balaban J connectivity index is 2.14. The van der Waals surface area contributed by atoms with Crippen molar-refractivity contribution >= 4 is 0 Å². The summed E-state index contributed by atoms with van der Waals surface area (Å²) in [7, 11) is 1.70. The van der Waals surface area contributed by atoms with Crippen LogP contribution >= 0.6 is 0 Å². The maximum atomic E-state index is 9.33. The summed E-state index contributed by atoms with van der Waals surface area (Å²) in [5, 5.41) is 12.8. The second-order valence-electron chi connectivity index (χ2n) is 4.77. The third-order valence-electron chi connectivity index (χ3n) is 3.32. The smallest absolute Gasteiger partial charge is 0.119 e. The lowest BCUT2D eigenvalue weighted by Crippen LogP contribution is -2.31. The van der Waals surface area contributed by atoms with E-state index in [0.717, 1.165) is 18.6 Å². The predicted molar refractivity (Wildman–Crippen MR) is 68.4 cm³/mol. The molecular weight excluding hydrogens is 214 g/mol. The van der Waals surface area contributed by atoms with Gasteiger partial charge in [-0.05, 0) is 49.4 Å². The average molecular weight is 235 g/mol. The fourth-order valence-corrected chi connectivity index (χ4v) is 2.44. The molecule has 1 aromatic rings. The molecule has 0 fully saturated rings. The van der Waals surface area contributed by atoms with E-state index in [4.69, 9.17) is 4.74 Å². The highest BCUT2D eigenvalue weighted by molar-refractivity contribution is 5.39. The number of fused-ring (bicyclic) bond motifs is 1. The minimum Gasteiger partial charge on any atom is -0.497 e. The van der Waals surface area contributed by atoms with E-state index in [0.29, 0.717) is 12.6 Å². The van der Waals surface area contributed by atoms with Crippen molar-refractivity contribution in [2.75, 3.05) is 13.7 Å². The van der Waals surface area contributed by atoms with Crippen molar-refractivity contribution in [2.45, 2.75) is 38.3 Å². The van der Waals surface area contributed by atoms with Gasteiger partial charge >= 0.3 is 0 Å². The molecule has 0 radical (unpaired) electrons. The van der Waals surface area contributed by atoms with Crippen LogP contribution in [0.15, 0.2) is 18.2 Å². The van der Waals surface area contributed by atoms with E-state index in [-0.39, 0.29) is 6.10 Å². The number of benzene rings is 1. The van der Waals surface area contributed by atoms with Gasteiger partial charge in [-0.25, -0.2) is 0 Å². The van der Waals surface area contributed by atoms with Gasteiger partial charge < -0.3 is 15.2 Å². The maximum Gasteiger partial charge on any atom is 0.119 e. The van der Waals surface area contributed by atoms with Crippen molar-refractivity contribution < 1.29 is 9.84 Å². The van der Waals surface area contributed by atoms with Crippen LogP contribution in [0.25, 0.3) is 0 Å². The summed E-state index contributed by atoms with van der Waals surface area (Å²) < 4.78 is 5.25. The fourth-order valence-electron chi connectivity index (χ4n) is 2.44. The lowest BCUT2D eigenvalue weighted by molar-refractivity contribution is 0.184. The van der Waals surface area contributed by atoms with Crippen LogP contribution in [0, 0.1) is 0 Å². The van der Waals surface area contributed by atoms with Gasteiger partial charge in [-0.15, -0.1) is 0 Å². The van der Waals surface area contributed by atoms with E-state index in [1.165, 1.54) is 17.5 Å².